The molecule has 1 heterocycles. The van der Waals surface area contributed by atoms with Gasteiger partial charge in [-0.05, 0) is 55.2 Å². The molecular formula is C19H16ClFN2O. The largest absolute Gasteiger partial charge is 0.358 e. The summed E-state index contributed by atoms with van der Waals surface area (Å²) in [7, 11) is 0. The van der Waals surface area contributed by atoms with Gasteiger partial charge in [-0.2, -0.15) is 0 Å². The molecule has 24 heavy (non-hydrogen) atoms. The van der Waals surface area contributed by atoms with Crippen molar-refractivity contribution in [2.24, 2.45) is 0 Å². The maximum Gasteiger partial charge on any atom is 0.251 e. The minimum absolute atomic E-state index is 0.0444. The zero-order chi connectivity index (χ0) is 16.7. The van der Waals surface area contributed by atoms with E-state index >= 15 is 0 Å². The third-order valence-corrected chi connectivity index (χ3v) is 4.81. The van der Waals surface area contributed by atoms with Gasteiger partial charge in [-0.1, -0.05) is 23.7 Å². The van der Waals surface area contributed by atoms with Gasteiger partial charge in [0.15, 0.2) is 0 Å². The number of halogens is 2. The van der Waals surface area contributed by atoms with Gasteiger partial charge in [0.1, 0.15) is 5.82 Å². The highest BCUT2D eigenvalue weighted by Crippen LogP contribution is 2.30. The van der Waals surface area contributed by atoms with Crippen LogP contribution >= 0.6 is 11.6 Å². The maximum absolute atomic E-state index is 13.3. The number of nitrogens with one attached hydrogen (secondary N) is 2. The van der Waals surface area contributed by atoms with E-state index in [4.69, 9.17) is 11.6 Å². The molecule has 2 aromatic carbocycles. The molecule has 0 fully saturated rings. The van der Waals surface area contributed by atoms with Crippen molar-refractivity contribution in [2.45, 2.75) is 25.3 Å². The van der Waals surface area contributed by atoms with Crippen molar-refractivity contribution in [1.82, 2.24) is 10.3 Å². The Bertz CT molecular complexity index is 934. The second-order valence-electron chi connectivity index (χ2n) is 6.20. The quantitative estimate of drug-likeness (QED) is 0.718. The van der Waals surface area contributed by atoms with E-state index in [1.165, 1.54) is 23.4 Å². The minimum Gasteiger partial charge on any atom is -0.358 e. The van der Waals surface area contributed by atoms with E-state index in [1.54, 1.807) is 12.1 Å². The molecule has 3 aromatic rings. The summed E-state index contributed by atoms with van der Waals surface area (Å²) in [5.41, 5.74) is 3.83. The molecule has 3 nitrogen and oxygen atoms in total. The molecular weight excluding hydrogens is 327 g/mol. The van der Waals surface area contributed by atoms with Crippen LogP contribution in [-0.2, 0) is 12.8 Å². The summed E-state index contributed by atoms with van der Waals surface area (Å²) >= 11 is 6.05. The Kier molecular flexibility index (Phi) is 3.77. The highest BCUT2D eigenvalue weighted by atomic mass is 35.5. The molecule has 0 radical (unpaired) electrons. The molecule has 0 bridgehead atoms. The molecule has 1 aromatic heterocycles. The molecule has 4 rings (SSSR count). The second kappa shape index (κ2) is 5.95. The van der Waals surface area contributed by atoms with Crippen LogP contribution in [0, 0.1) is 5.82 Å². The lowest BCUT2D eigenvalue weighted by atomic mass is 9.91. The van der Waals surface area contributed by atoms with Crippen molar-refractivity contribution in [2.75, 3.05) is 0 Å². The maximum atomic E-state index is 13.3. The Labute approximate surface area is 143 Å². The van der Waals surface area contributed by atoms with Crippen LogP contribution < -0.4 is 5.32 Å². The predicted molar refractivity (Wildman–Crippen MR) is 93.0 cm³/mol. The van der Waals surface area contributed by atoms with E-state index in [1.807, 2.05) is 18.2 Å². The Balaban J connectivity index is 1.56. The van der Waals surface area contributed by atoms with E-state index in [0.29, 0.717) is 10.6 Å². The number of aromatic amines is 1. The summed E-state index contributed by atoms with van der Waals surface area (Å²) in [5.74, 6) is -0.632. The van der Waals surface area contributed by atoms with Crippen molar-refractivity contribution in [3.63, 3.8) is 0 Å². The van der Waals surface area contributed by atoms with Crippen LogP contribution in [0.15, 0.2) is 42.5 Å². The fourth-order valence-electron chi connectivity index (χ4n) is 3.42. The van der Waals surface area contributed by atoms with Crippen LogP contribution in [0.3, 0.4) is 0 Å². The standard InChI is InChI=1S/C19H16ClFN2O/c20-12-4-6-15-16-10-14(5-7-17(16)23-18(15)9-12)22-19(24)11-2-1-3-13(21)8-11/h1-4,6,8-9,14,23H,5,7,10H2,(H,22,24). The average Bonchev–Trinajstić information content (AvgIpc) is 2.91. The van der Waals surface area contributed by atoms with Gasteiger partial charge in [-0.15, -0.1) is 0 Å². The van der Waals surface area contributed by atoms with Crippen LogP contribution in [0.5, 0.6) is 0 Å². The lowest BCUT2D eigenvalue weighted by molar-refractivity contribution is 0.0933. The number of aryl methyl sites for hydroxylation is 1. The van der Waals surface area contributed by atoms with Gasteiger partial charge < -0.3 is 10.3 Å². The van der Waals surface area contributed by atoms with E-state index in [0.717, 1.165) is 30.2 Å². The molecule has 0 spiro atoms. The number of benzene rings is 2. The van der Waals surface area contributed by atoms with E-state index < -0.39 is 5.82 Å². The van der Waals surface area contributed by atoms with E-state index in [2.05, 4.69) is 10.3 Å². The molecule has 0 saturated carbocycles. The second-order valence-corrected chi connectivity index (χ2v) is 6.63. The third kappa shape index (κ3) is 2.78. The van der Waals surface area contributed by atoms with Crippen molar-refractivity contribution in [3.8, 4) is 0 Å². The first kappa shape index (κ1) is 15.2. The van der Waals surface area contributed by atoms with Gasteiger partial charge in [0.25, 0.3) is 5.91 Å². The number of fused-ring (bicyclic) bond motifs is 3. The summed E-state index contributed by atoms with van der Waals surface area (Å²) in [6.45, 7) is 0. The predicted octanol–water partition coefficient (Wildman–Crippen LogP) is 4.25. The van der Waals surface area contributed by atoms with Gasteiger partial charge >= 0.3 is 0 Å². The van der Waals surface area contributed by atoms with Gasteiger partial charge in [0.05, 0.1) is 0 Å². The third-order valence-electron chi connectivity index (χ3n) is 4.57. The number of rotatable bonds is 2. The number of H-pyrrole nitrogens is 1. The number of carbonyl (C=O) groups excluding carboxylic acids is 1. The van der Waals surface area contributed by atoms with Crippen molar-refractivity contribution >= 4 is 28.4 Å². The molecule has 1 unspecified atom stereocenters. The Hall–Kier alpha value is -2.33. The summed E-state index contributed by atoms with van der Waals surface area (Å²) in [6, 6.07) is 11.6. The fraction of sp³-hybridized carbons (Fsp3) is 0.211. The summed E-state index contributed by atoms with van der Waals surface area (Å²) in [6.07, 6.45) is 2.49. The van der Waals surface area contributed by atoms with Crippen LogP contribution in [0.2, 0.25) is 5.02 Å². The summed E-state index contributed by atoms with van der Waals surface area (Å²) in [5, 5.41) is 4.88. The van der Waals surface area contributed by atoms with Crippen LogP contribution in [-0.4, -0.2) is 16.9 Å². The number of hydrogen-bond donors (Lipinski definition) is 2. The van der Waals surface area contributed by atoms with Crippen LogP contribution in [0.25, 0.3) is 10.9 Å². The molecule has 1 atom stereocenters. The Morgan fingerprint density at radius 2 is 2.12 bits per heavy atom. The van der Waals surface area contributed by atoms with Crippen molar-refractivity contribution in [1.29, 1.82) is 0 Å². The van der Waals surface area contributed by atoms with E-state index in [-0.39, 0.29) is 11.9 Å². The number of hydrogen-bond acceptors (Lipinski definition) is 1. The zero-order valence-corrected chi connectivity index (χ0v) is 13.7. The van der Waals surface area contributed by atoms with Gasteiger partial charge in [0.2, 0.25) is 0 Å². The summed E-state index contributed by atoms with van der Waals surface area (Å²) in [4.78, 5) is 15.7. The number of carbonyl (C=O) groups is 1. The van der Waals surface area contributed by atoms with Gasteiger partial charge in [-0.3, -0.25) is 4.79 Å². The number of amides is 1. The molecule has 0 saturated heterocycles. The normalized spacial score (nSPS) is 16.8. The van der Waals surface area contributed by atoms with Crippen LogP contribution in [0.1, 0.15) is 28.0 Å². The SMILES string of the molecule is O=C(NC1CCc2[nH]c3cc(Cl)ccc3c2C1)c1cccc(F)c1. The van der Waals surface area contributed by atoms with Crippen molar-refractivity contribution in [3.05, 3.63) is 70.1 Å². The zero-order valence-electron chi connectivity index (χ0n) is 12.9. The van der Waals surface area contributed by atoms with Crippen molar-refractivity contribution < 1.29 is 9.18 Å². The lowest BCUT2D eigenvalue weighted by Gasteiger charge is -2.23. The minimum atomic E-state index is -0.401. The van der Waals surface area contributed by atoms with E-state index in [9.17, 15) is 9.18 Å². The van der Waals surface area contributed by atoms with Crippen LogP contribution in [0.4, 0.5) is 4.39 Å². The highest BCUT2D eigenvalue weighted by Gasteiger charge is 2.24. The first-order valence-electron chi connectivity index (χ1n) is 7.95. The monoisotopic (exact) mass is 342 g/mol. The molecule has 0 aliphatic heterocycles. The smallest absolute Gasteiger partial charge is 0.251 e. The highest BCUT2D eigenvalue weighted by molar-refractivity contribution is 6.31. The Morgan fingerprint density at radius 3 is 2.96 bits per heavy atom. The summed E-state index contributed by atoms with van der Waals surface area (Å²) < 4.78 is 13.3. The average molecular weight is 343 g/mol. The molecule has 2 N–H and O–H groups in total. The molecule has 5 heteroatoms. The molecule has 1 amide bonds. The van der Waals surface area contributed by atoms with Gasteiger partial charge in [0, 0.05) is 33.2 Å². The first-order valence-corrected chi connectivity index (χ1v) is 8.33. The number of aromatic nitrogens is 1. The molecule has 122 valence electrons. The lowest BCUT2D eigenvalue weighted by Crippen LogP contribution is -2.38. The van der Waals surface area contributed by atoms with Gasteiger partial charge in [-0.25, -0.2) is 4.39 Å². The Morgan fingerprint density at radius 1 is 1.25 bits per heavy atom. The molecule has 1 aliphatic rings. The topological polar surface area (TPSA) is 44.9 Å². The molecule has 1 aliphatic carbocycles. The fourth-order valence-corrected chi connectivity index (χ4v) is 3.59. The first-order chi connectivity index (χ1) is 11.6.